The van der Waals surface area contributed by atoms with Gasteiger partial charge in [-0.25, -0.2) is 0 Å². The van der Waals surface area contributed by atoms with Crippen molar-refractivity contribution >= 4 is 0 Å². The topological polar surface area (TPSA) is 3.24 Å². The molecule has 0 radical (unpaired) electrons. The molecule has 2 aliphatic rings. The third-order valence-corrected chi connectivity index (χ3v) is 3.98. The molecule has 1 heterocycles. The zero-order valence-corrected chi connectivity index (χ0v) is 10.5. The lowest BCUT2D eigenvalue weighted by Gasteiger charge is -2.30. The maximum Gasteiger partial charge on any atom is -0.00164 e. The van der Waals surface area contributed by atoms with Gasteiger partial charge in [0, 0.05) is 0 Å². The van der Waals surface area contributed by atoms with Gasteiger partial charge in [-0.3, -0.25) is 0 Å². The minimum atomic E-state index is 0.836. The van der Waals surface area contributed by atoms with Crippen LogP contribution in [-0.4, -0.2) is 25.0 Å². The summed E-state index contributed by atoms with van der Waals surface area (Å²) in [6.45, 7) is 9.02. The second-order valence-corrected chi connectivity index (χ2v) is 4.86. The summed E-state index contributed by atoms with van der Waals surface area (Å²) in [6.07, 6.45) is 7.39. The highest BCUT2D eigenvalue weighted by Gasteiger charge is 2.53. The third-order valence-electron chi connectivity index (χ3n) is 3.98. The molecule has 0 aromatic rings. The van der Waals surface area contributed by atoms with Crippen LogP contribution in [0, 0.1) is 11.3 Å². The van der Waals surface area contributed by atoms with Crippen LogP contribution in [0.15, 0.2) is 0 Å². The summed E-state index contributed by atoms with van der Waals surface area (Å²) >= 11 is 0. The predicted molar refractivity (Wildman–Crippen MR) is 63.5 cm³/mol. The van der Waals surface area contributed by atoms with Crippen molar-refractivity contribution in [2.75, 3.05) is 20.1 Å². The Bertz CT molecular complexity index is 157. The molecule has 0 bridgehead atoms. The predicted octanol–water partition coefficient (Wildman–Crippen LogP) is 3.54. The van der Waals surface area contributed by atoms with Crippen molar-refractivity contribution in [1.82, 2.24) is 4.90 Å². The van der Waals surface area contributed by atoms with E-state index in [1.807, 2.05) is 13.8 Å². The molecule has 1 heteroatoms. The van der Waals surface area contributed by atoms with E-state index in [1.54, 1.807) is 6.42 Å². The fourth-order valence-electron chi connectivity index (χ4n) is 2.86. The fraction of sp³-hybridized carbons (Fsp3) is 1.00. The summed E-state index contributed by atoms with van der Waals surface area (Å²) in [4.78, 5) is 2.48. The summed E-state index contributed by atoms with van der Waals surface area (Å²) < 4.78 is 0. The first-order chi connectivity index (χ1) is 6.77. The lowest BCUT2D eigenvalue weighted by Crippen LogP contribution is -2.31. The molecule has 1 aliphatic carbocycles. The Hall–Kier alpha value is -0.0400. The van der Waals surface area contributed by atoms with E-state index in [9.17, 15) is 0 Å². The first-order valence-electron chi connectivity index (χ1n) is 6.45. The molecule has 1 saturated carbocycles. The highest BCUT2D eigenvalue weighted by Crippen LogP contribution is 2.61. The van der Waals surface area contributed by atoms with Gasteiger partial charge in [0.05, 0.1) is 0 Å². The van der Waals surface area contributed by atoms with Gasteiger partial charge in [0.15, 0.2) is 0 Å². The second kappa shape index (κ2) is 5.16. The van der Waals surface area contributed by atoms with E-state index in [1.165, 1.54) is 38.8 Å². The van der Waals surface area contributed by atoms with Crippen LogP contribution in [0.2, 0.25) is 0 Å². The number of rotatable bonds is 2. The van der Waals surface area contributed by atoms with Crippen LogP contribution >= 0.6 is 0 Å². The summed E-state index contributed by atoms with van der Waals surface area (Å²) in [5.41, 5.74) is 0.836. The van der Waals surface area contributed by atoms with Gasteiger partial charge in [0.25, 0.3) is 0 Å². The van der Waals surface area contributed by atoms with Crippen LogP contribution in [0.3, 0.4) is 0 Å². The Morgan fingerprint density at radius 2 is 1.79 bits per heavy atom. The van der Waals surface area contributed by atoms with Gasteiger partial charge in [0.2, 0.25) is 0 Å². The molecule has 1 aliphatic heterocycles. The van der Waals surface area contributed by atoms with Crippen molar-refractivity contribution in [2.45, 2.75) is 52.9 Å². The van der Waals surface area contributed by atoms with Gasteiger partial charge in [-0.15, -0.1) is 0 Å². The molecule has 0 aromatic carbocycles. The Kier molecular flexibility index (Phi) is 4.43. The fourth-order valence-corrected chi connectivity index (χ4v) is 2.86. The second-order valence-electron chi connectivity index (χ2n) is 4.86. The molecule has 1 atom stereocenters. The van der Waals surface area contributed by atoms with E-state index < -0.39 is 0 Å². The SMILES string of the molecule is CC.CCCC1CC12CCN(C)CC2. The van der Waals surface area contributed by atoms with Crippen LogP contribution in [0.4, 0.5) is 0 Å². The van der Waals surface area contributed by atoms with Gasteiger partial charge in [-0.2, -0.15) is 0 Å². The smallest absolute Gasteiger partial charge is 0.00164 e. The molecular weight excluding hydrogens is 170 g/mol. The number of piperidine rings is 1. The standard InChI is InChI=1S/C11H21N.C2H6/c1-3-4-10-9-11(10)5-7-12(2)8-6-11;1-2/h10H,3-9H2,1-2H3;1-2H3. The number of hydrogen-bond acceptors (Lipinski definition) is 1. The average molecular weight is 197 g/mol. The maximum atomic E-state index is 2.48. The van der Waals surface area contributed by atoms with Crippen molar-refractivity contribution in [3.63, 3.8) is 0 Å². The Labute approximate surface area is 89.9 Å². The van der Waals surface area contributed by atoms with Crippen LogP contribution in [0.1, 0.15) is 52.9 Å². The van der Waals surface area contributed by atoms with E-state index in [2.05, 4.69) is 18.9 Å². The van der Waals surface area contributed by atoms with Crippen molar-refractivity contribution in [3.05, 3.63) is 0 Å². The van der Waals surface area contributed by atoms with E-state index >= 15 is 0 Å². The van der Waals surface area contributed by atoms with Crippen molar-refractivity contribution in [1.29, 1.82) is 0 Å². The van der Waals surface area contributed by atoms with Crippen LogP contribution in [0.5, 0.6) is 0 Å². The molecule has 84 valence electrons. The van der Waals surface area contributed by atoms with Crippen LogP contribution < -0.4 is 0 Å². The van der Waals surface area contributed by atoms with Gasteiger partial charge >= 0.3 is 0 Å². The molecule has 1 unspecified atom stereocenters. The number of nitrogens with zero attached hydrogens (tertiary/aromatic N) is 1. The molecular formula is C13H27N. The number of hydrogen-bond donors (Lipinski definition) is 0. The lowest BCUT2D eigenvalue weighted by molar-refractivity contribution is 0.191. The summed E-state index contributed by atoms with van der Waals surface area (Å²) in [5, 5.41) is 0. The van der Waals surface area contributed by atoms with Crippen molar-refractivity contribution in [3.8, 4) is 0 Å². The van der Waals surface area contributed by atoms with Crippen LogP contribution in [0.25, 0.3) is 0 Å². The van der Waals surface area contributed by atoms with Gasteiger partial charge in [0.1, 0.15) is 0 Å². The Morgan fingerprint density at radius 3 is 2.29 bits per heavy atom. The van der Waals surface area contributed by atoms with Crippen LogP contribution in [-0.2, 0) is 0 Å². The molecule has 0 aromatic heterocycles. The third kappa shape index (κ3) is 2.50. The monoisotopic (exact) mass is 197 g/mol. The summed E-state index contributed by atoms with van der Waals surface area (Å²) in [5.74, 6) is 1.11. The quantitative estimate of drug-likeness (QED) is 0.654. The van der Waals surface area contributed by atoms with Gasteiger partial charge in [-0.05, 0) is 50.7 Å². The zero-order chi connectivity index (χ0) is 10.6. The zero-order valence-electron chi connectivity index (χ0n) is 10.5. The van der Waals surface area contributed by atoms with E-state index in [-0.39, 0.29) is 0 Å². The molecule has 1 nitrogen and oxygen atoms in total. The van der Waals surface area contributed by atoms with Gasteiger partial charge in [-0.1, -0.05) is 33.6 Å². The molecule has 0 amide bonds. The maximum absolute atomic E-state index is 2.48. The Morgan fingerprint density at radius 1 is 1.21 bits per heavy atom. The Balaban J connectivity index is 0.000000461. The molecule has 2 rings (SSSR count). The molecule has 14 heavy (non-hydrogen) atoms. The summed E-state index contributed by atoms with van der Waals surface area (Å²) in [7, 11) is 2.25. The highest BCUT2D eigenvalue weighted by atomic mass is 15.1. The van der Waals surface area contributed by atoms with Gasteiger partial charge < -0.3 is 4.90 Å². The largest absolute Gasteiger partial charge is 0.306 e. The minimum Gasteiger partial charge on any atom is -0.306 e. The lowest BCUT2D eigenvalue weighted by atomic mass is 9.90. The minimum absolute atomic E-state index is 0.836. The first kappa shape index (κ1) is 12.0. The van der Waals surface area contributed by atoms with E-state index in [4.69, 9.17) is 0 Å². The number of likely N-dealkylation sites (tertiary alicyclic amines) is 1. The van der Waals surface area contributed by atoms with E-state index in [0.29, 0.717) is 0 Å². The average Bonchev–Trinajstić information content (AvgIpc) is 2.89. The summed E-state index contributed by atoms with van der Waals surface area (Å²) in [6, 6.07) is 0. The molecule has 2 fully saturated rings. The highest BCUT2D eigenvalue weighted by molar-refractivity contribution is 5.03. The molecule has 1 spiro atoms. The van der Waals surface area contributed by atoms with Crippen molar-refractivity contribution < 1.29 is 0 Å². The first-order valence-corrected chi connectivity index (χ1v) is 6.45. The molecule has 0 N–H and O–H groups in total. The van der Waals surface area contributed by atoms with E-state index in [0.717, 1.165) is 11.3 Å². The normalized spacial score (nSPS) is 29.6. The van der Waals surface area contributed by atoms with Crippen molar-refractivity contribution in [2.24, 2.45) is 11.3 Å². The molecule has 1 saturated heterocycles.